The molecule has 6 heteroatoms. The van der Waals surface area contributed by atoms with Gasteiger partial charge in [0.1, 0.15) is 5.82 Å². The maximum Gasteiger partial charge on any atom is 0.350 e. The number of likely N-dealkylation sites (tertiary alicyclic amines) is 1. The van der Waals surface area contributed by atoms with Gasteiger partial charge in [-0.2, -0.15) is 5.10 Å². The Bertz CT molecular complexity index is 856. The van der Waals surface area contributed by atoms with Crippen molar-refractivity contribution < 1.29 is 4.79 Å². The number of hydrogen-bond donors (Lipinski definition) is 0. The van der Waals surface area contributed by atoms with Gasteiger partial charge < -0.3 is 4.90 Å². The standard InChI is InChI=1S/C22H30N4O2/c1-24-22(28)26(19-10-6-3-7-11-19)21(23-24)18-12-14-25(15-13-18)20(27)16-17-8-4-2-5-9-17/h3,6-7,10-11,17-18H,2,4-5,8-9,12-16H2,1H3. The second-order valence-corrected chi connectivity index (χ2v) is 8.30. The van der Waals surface area contributed by atoms with Gasteiger partial charge in [0.15, 0.2) is 0 Å². The quantitative estimate of drug-likeness (QED) is 0.816. The van der Waals surface area contributed by atoms with Gasteiger partial charge in [-0.1, -0.05) is 37.5 Å². The van der Waals surface area contributed by atoms with Crippen LogP contribution < -0.4 is 5.69 Å². The number of aromatic nitrogens is 3. The Balaban J connectivity index is 1.44. The van der Waals surface area contributed by atoms with Crippen LogP contribution in [-0.4, -0.2) is 38.2 Å². The van der Waals surface area contributed by atoms with Gasteiger partial charge >= 0.3 is 5.69 Å². The van der Waals surface area contributed by atoms with Crippen LogP contribution in [0.15, 0.2) is 35.1 Å². The first kappa shape index (κ1) is 19.0. The number of nitrogens with zero attached hydrogens (tertiary/aromatic N) is 4. The number of carbonyl (C=O) groups is 1. The normalized spacial score (nSPS) is 19.1. The van der Waals surface area contributed by atoms with E-state index in [1.54, 1.807) is 11.6 Å². The van der Waals surface area contributed by atoms with E-state index in [2.05, 4.69) is 5.10 Å². The Hall–Kier alpha value is -2.37. The summed E-state index contributed by atoms with van der Waals surface area (Å²) >= 11 is 0. The summed E-state index contributed by atoms with van der Waals surface area (Å²) in [5.41, 5.74) is 0.739. The number of piperidine rings is 1. The first-order chi connectivity index (χ1) is 13.6. The van der Waals surface area contributed by atoms with Crippen LogP contribution >= 0.6 is 0 Å². The summed E-state index contributed by atoms with van der Waals surface area (Å²) in [5, 5.41) is 4.54. The molecule has 150 valence electrons. The highest BCUT2D eigenvalue weighted by Gasteiger charge is 2.29. The molecule has 0 spiro atoms. The van der Waals surface area contributed by atoms with Crippen molar-refractivity contribution in [2.24, 2.45) is 13.0 Å². The van der Waals surface area contributed by atoms with E-state index in [0.717, 1.165) is 37.4 Å². The molecule has 1 saturated carbocycles. The third-order valence-electron chi connectivity index (χ3n) is 6.36. The number of hydrogen-bond acceptors (Lipinski definition) is 3. The molecule has 0 unspecified atom stereocenters. The second-order valence-electron chi connectivity index (χ2n) is 8.30. The molecule has 0 N–H and O–H groups in total. The summed E-state index contributed by atoms with van der Waals surface area (Å²) in [6.45, 7) is 1.52. The van der Waals surface area contributed by atoms with Crippen molar-refractivity contribution >= 4 is 5.91 Å². The van der Waals surface area contributed by atoms with Crippen LogP contribution in [0.4, 0.5) is 0 Å². The van der Waals surface area contributed by atoms with Crippen molar-refractivity contribution in [2.75, 3.05) is 13.1 Å². The number of benzene rings is 1. The number of para-hydroxylation sites is 1. The monoisotopic (exact) mass is 382 g/mol. The zero-order chi connectivity index (χ0) is 19.5. The Labute approximate surface area is 166 Å². The Morgan fingerprint density at radius 2 is 1.71 bits per heavy atom. The summed E-state index contributed by atoms with van der Waals surface area (Å²) in [4.78, 5) is 27.4. The molecular formula is C22H30N4O2. The van der Waals surface area contributed by atoms with Crippen LogP contribution in [0.3, 0.4) is 0 Å². The maximum atomic E-state index is 12.7. The fourth-order valence-electron chi connectivity index (χ4n) is 4.72. The van der Waals surface area contributed by atoms with Gasteiger partial charge in [-0.15, -0.1) is 0 Å². The lowest BCUT2D eigenvalue weighted by Crippen LogP contribution is -2.39. The maximum absolute atomic E-state index is 12.7. The molecule has 2 heterocycles. The van der Waals surface area contributed by atoms with Crippen molar-refractivity contribution in [1.82, 2.24) is 19.2 Å². The minimum absolute atomic E-state index is 0.114. The molecule has 28 heavy (non-hydrogen) atoms. The third-order valence-corrected chi connectivity index (χ3v) is 6.36. The molecule has 2 aromatic rings. The number of rotatable bonds is 4. The Morgan fingerprint density at radius 3 is 2.39 bits per heavy atom. The van der Waals surface area contributed by atoms with Crippen molar-refractivity contribution in [3.8, 4) is 5.69 Å². The molecule has 4 rings (SSSR count). The summed E-state index contributed by atoms with van der Waals surface area (Å²) in [7, 11) is 1.70. The molecule has 2 aliphatic rings. The molecule has 1 aromatic heterocycles. The van der Waals surface area contributed by atoms with E-state index in [9.17, 15) is 9.59 Å². The third kappa shape index (κ3) is 3.91. The first-order valence-corrected chi connectivity index (χ1v) is 10.6. The largest absolute Gasteiger partial charge is 0.350 e. The summed E-state index contributed by atoms with van der Waals surface area (Å²) in [5.74, 6) is 1.91. The van der Waals surface area contributed by atoms with Crippen LogP contribution in [0.2, 0.25) is 0 Å². The zero-order valence-electron chi connectivity index (χ0n) is 16.7. The van der Waals surface area contributed by atoms with Gasteiger partial charge in [0, 0.05) is 32.5 Å². The molecule has 1 amide bonds. The van der Waals surface area contributed by atoms with Crippen LogP contribution in [0, 0.1) is 5.92 Å². The number of aryl methyl sites for hydroxylation is 1. The van der Waals surface area contributed by atoms with E-state index < -0.39 is 0 Å². The minimum atomic E-state index is -0.114. The molecule has 0 atom stereocenters. The van der Waals surface area contributed by atoms with Crippen molar-refractivity contribution in [1.29, 1.82) is 0 Å². The summed E-state index contributed by atoms with van der Waals surface area (Å²) < 4.78 is 3.15. The van der Waals surface area contributed by atoms with E-state index in [1.165, 1.54) is 36.8 Å². The Morgan fingerprint density at radius 1 is 1.04 bits per heavy atom. The molecule has 1 saturated heterocycles. The molecule has 0 bridgehead atoms. The van der Waals surface area contributed by atoms with Crippen LogP contribution in [0.25, 0.3) is 5.69 Å². The highest BCUT2D eigenvalue weighted by atomic mass is 16.2. The van der Waals surface area contributed by atoms with Gasteiger partial charge in [0.25, 0.3) is 0 Å². The van der Waals surface area contributed by atoms with Gasteiger partial charge in [0.2, 0.25) is 5.91 Å². The second kappa shape index (κ2) is 8.33. The first-order valence-electron chi connectivity index (χ1n) is 10.6. The van der Waals surface area contributed by atoms with Crippen molar-refractivity contribution in [3.63, 3.8) is 0 Å². The average molecular weight is 383 g/mol. The van der Waals surface area contributed by atoms with Gasteiger partial charge in [0.05, 0.1) is 5.69 Å². The van der Waals surface area contributed by atoms with E-state index in [4.69, 9.17) is 0 Å². The highest BCUT2D eigenvalue weighted by Crippen LogP contribution is 2.30. The van der Waals surface area contributed by atoms with Gasteiger partial charge in [-0.3, -0.25) is 4.79 Å². The number of carbonyl (C=O) groups excluding carboxylic acids is 1. The highest BCUT2D eigenvalue weighted by molar-refractivity contribution is 5.76. The van der Waals surface area contributed by atoms with E-state index in [-0.39, 0.29) is 11.6 Å². The van der Waals surface area contributed by atoms with E-state index >= 15 is 0 Å². The lowest BCUT2D eigenvalue weighted by atomic mass is 9.86. The van der Waals surface area contributed by atoms with Crippen molar-refractivity contribution in [3.05, 3.63) is 46.6 Å². The minimum Gasteiger partial charge on any atom is -0.343 e. The molecule has 6 nitrogen and oxygen atoms in total. The predicted octanol–water partition coefficient (Wildman–Crippen LogP) is 3.25. The van der Waals surface area contributed by atoms with Gasteiger partial charge in [-0.05, 0) is 43.7 Å². The van der Waals surface area contributed by atoms with Crippen LogP contribution in [0.1, 0.15) is 63.1 Å². The smallest absolute Gasteiger partial charge is 0.343 e. The zero-order valence-corrected chi connectivity index (χ0v) is 16.7. The summed E-state index contributed by atoms with van der Waals surface area (Å²) in [6.07, 6.45) is 8.72. The SMILES string of the molecule is Cn1nc(C2CCN(C(=O)CC3CCCCC3)CC2)n(-c2ccccc2)c1=O. The topological polar surface area (TPSA) is 60.1 Å². The average Bonchev–Trinajstić information content (AvgIpc) is 3.04. The number of amides is 1. The molecule has 0 radical (unpaired) electrons. The predicted molar refractivity (Wildman–Crippen MR) is 109 cm³/mol. The van der Waals surface area contributed by atoms with Crippen LogP contribution in [-0.2, 0) is 11.8 Å². The lowest BCUT2D eigenvalue weighted by molar-refractivity contribution is -0.133. The van der Waals surface area contributed by atoms with Crippen LogP contribution in [0.5, 0.6) is 0 Å². The fourth-order valence-corrected chi connectivity index (χ4v) is 4.72. The Kier molecular flexibility index (Phi) is 5.64. The molecule has 1 aromatic carbocycles. The molecule has 1 aliphatic heterocycles. The molecule has 1 aliphatic carbocycles. The van der Waals surface area contributed by atoms with E-state index in [1.807, 2.05) is 35.2 Å². The van der Waals surface area contributed by atoms with E-state index in [0.29, 0.717) is 18.2 Å². The molecular weight excluding hydrogens is 352 g/mol. The van der Waals surface area contributed by atoms with Gasteiger partial charge in [-0.25, -0.2) is 14.0 Å². The fraction of sp³-hybridized carbons (Fsp3) is 0.591. The summed E-state index contributed by atoms with van der Waals surface area (Å²) in [6, 6.07) is 9.70. The molecule has 2 fully saturated rings. The lowest BCUT2D eigenvalue weighted by Gasteiger charge is -2.33. The van der Waals surface area contributed by atoms with Crippen molar-refractivity contribution in [2.45, 2.75) is 57.3 Å².